The molecule has 0 radical (unpaired) electrons. The molecule has 0 unspecified atom stereocenters. The molecule has 122 valence electrons. The van der Waals surface area contributed by atoms with Crippen LogP contribution in [0.25, 0.3) is 0 Å². The van der Waals surface area contributed by atoms with Gasteiger partial charge in [0.15, 0.2) is 0 Å². The number of carbonyl (C=O) groups excluding carboxylic acids is 2. The maximum absolute atomic E-state index is 12.3. The van der Waals surface area contributed by atoms with Crippen LogP contribution in [0, 0.1) is 13.8 Å². The Bertz CT molecular complexity index is 688. The van der Waals surface area contributed by atoms with Crippen molar-refractivity contribution in [2.75, 3.05) is 11.9 Å². The van der Waals surface area contributed by atoms with Crippen molar-refractivity contribution in [1.29, 1.82) is 0 Å². The number of hydrogen-bond donors (Lipinski definition) is 1. The van der Waals surface area contributed by atoms with Crippen molar-refractivity contribution < 1.29 is 14.0 Å². The van der Waals surface area contributed by atoms with Gasteiger partial charge in [-0.1, -0.05) is 17.7 Å². The second kappa shape index (κ2) is 7.33. The van der Waals surface area contributed by atoms with E-state index in [1.54, 1.807) is 18.2 Å². The highest BCUT2D eigenvalue weighted by Gasteiger charge is 2.17. The summed E-state index contributed by atoms with van der Waals surface area (Å²) in [6, 6.07) is 7.22. The molecule has 6 heteroatoms. The summed E-state index contributed by atoms with van der Waals surface area (Å²) < 4.78 is 5.22. The van der Waals surface area contributed by atoms with E-state index >= 15 is 0 Å². The van der Waals surface area contributed by atoms with Crippen LogP contribution in [0.4, 0.5) is 5.69 Å². The molecular weight excluding hydrogens is 316 g/mol. The highest BCUT2D eigenvalue weighted by molar-refractivity contribution is 6.34. The fourth-order valence-corrected chi connectivity index (χ4v) is 2.66. The van der Waals surface area contributed by atoms with Crippen LogP contribution in [0.3, 0.4) is 0 Å². The summed E-state index contributed by atoms with van der Waals surface area (Å²) >= 11 is 6.18. The van der Waals surface area contributed by atoms with Gasteiger partial charge in [0.05, 0.1) is 23.5 Å². The fraction of sp³-hybridized carbons (Fsp3) is 0.294. The molecular formula is C17H19ClN2O3. The van der Waals surface area contributed by atoms with Crippen LogP contribution in [-0.2, 0) is 16.1 Å². The first-order valence-electron chi connectivity index (χ1n) is 7.21. The molecule has 0 bridgehead atoms. The Labute approximate surface area is 140 Å². The second-order valence-electron chi connectivity index (χ2n) is 5.44. The van der Waals surface area contributed by atoms with E-state index in [1.807, 2.05) is 19.9 Å². The molecule has 1 aromatic carbocycles. The van der Waals surface area contributed by atoms with Crippen molar-refractivity contribution in [2.45, 2.75) is 27.3 Å². The van der Waals surface area contributed by atoms with Crippen LogP contribution in [0.2, 0.25) is 5.02 Å². The maximum Gasteiger partial charge on any atom is 0.244 e. The Hall–Kier alpha value is -2.27. The Balaban J connectivity index is 2.06. The maximum atomic E-state index is 12.3. The van der Waals surface area contributed by atoms with Crippen LogP contribution in [0.5, 0.6) is 0 Å². The Morgan fingerprint density at radius 3 is 2.61 bits per heavy atom. The van der Waals surface area contributed by atoms with E-state index in [-0.39, 0.29) is 24.9 Å². The third kappa shape index (κ3) is 4.60. The number of rotatable bonds is 5. The predicted octanol–water partition coefficient (Wildman–Crippen LogP) is 3.54. The van der Waals surface area contributed by atoms with E-state index in [1.165, 1.54) is 18.1 Å². The van der Waals surface area contributed by atoms with Gasteiger partial charge >= 0.3 is 0 Å². The standard InChI is InChI=1S/C17H19ClN2O3/c1-11-7-12(2)17(15(18)8-11)19-16(22)10-20(13(3)21)9-14-5-4-6-23-14/h4-8H,9-10H2,1-3H3,(H,19,22). The minimum atomic E-state index is -0.305. The third-order valence-electron chi connectivity index (χ3n) is 3.40. The van der Waals surface area contributed by atoms with Crippen molar-refractivity contribution in [1.82, 2.24) is 4.90 Å². The van der Waals surface area contributed by atoms with Gasteiger partial charge in [0.2, 0.25) is 11.8 Å². The number of aryl methyl sites for hydroxylation is 2. The van der Waals surface area contributed by atoms with Crippen LogP contribution >= 0.6 is 11.6 Å². The molecule has 2 aromatic rings. The van der Waals surface area contributed by atoms with E-state index in [0.29, 0.717) is 16.5 Å². The zero-order valence-electron chi connectivity index (χ0n) is 13.4. The third-order valence-corrected chi connectivity index (χ3v) is 3.70. The van der Waals surface area contributed by atoms with Gasteiger partial charge in [0.25, 0.3) is 0 Å². The number of halogens is 1. The molecule has 23 heavy (non-hydrogen) atoms. The number of hydrogen-bond acceptors (Lipinski definition) is 3. The normalized spacial score (nSPS) is 10.4. The number of nitrogens with zero attached hydrogens (tertiary/aromatic N) is 1. The number of benzene rings is 1. The van der Waals surface area contributed by atoms with Gasteiger partial charge in [-0.25, -0.2) is 0 Å². The monoisotopic (exact) mass is 334 g/mol. The zero-order chi connectivity index (χ0) is 17.0. The molecule has 0 fully saturated rings. The van der Waals surface area contributed by atoms with Crippen molar-refractivity contribution in [2.24, 2.45) is 0 Å². The smallest absolute Gasteiger partial charge is 0.244 e. The SMILES string of the molecule is CC(=O)N(CC(=O)Nc1c(C)cc(C)cc1Cl)Cc1ccco1. The van der Waals surface area contributed by atoms with Gasteiger partial charge in [-0.05, 0) is 43.2 Å². The summed E-state index contributed by atoms with van der Waals surface area (Å²) in [5.41, 5.74) is 2.47. The lowest BCUT2D eigenvalue weighted by molar-refractivity contribution is -0.133. The van der Waals surface area contributed by atoms with E-state index in [0.717, 1.165) is 11.1 Å². The molecule has 0 aliphatic heterocycles. The number of anilines is 1. The first-order chi connectivity index (χ1) is 10.9. The zero-order valence-corrected chi connectivity index (χ0v) is 14.1. The van der Waals surface area contributed by atoms with Gasteiger partial charge in [0, 0.05) is 6.92 Å². The molecule has 0 aliphatic rings. The summed E-state index contributed by atoms with van der Waals surface area (Å²) in [7, 11) is 0. The lowest BCUT2D eigenvalue weighted by Gasteiger charge is -2.20. The molecule has 0 saturated carbocycles. The first-order valence-corrected chi connectivity index (χ1v) is 7.59. The minimum absolute atomic E-state index is 0.0698. The fourth-order valence-electron chi connectivity index (χ4n) is 2.30. The Kier molecular flexibility index (Phi) is 5.45. The average Bonchev–Trinajstić information content (AvgIpc) is 2.95. The van der Waals surface area contributed by atoms with E-state index in [2.05, 4.69) is 5.32 Å². The molecule has 0 aliphatic carbocycles. The van der Waals surface area contributed by atoms with Crippen LogP contribution in [0.1, 0.15) is 23.8 Å². The molecule has 1 aromatic heterocycles. The molecule has 1 heterocycles. The van der Waals surface area contributed by atoms with Gasteiger partial charge < -0.3 is 14.6 Å². The summed E-state index contributed by atoms with van der Waals surface area (Å²) in [5, 5.41) is 3.26. The van der Waals surface area contributed by atoms with Crippen molar-refractivity contribution in [3.63, 3.8) is 0 Å². The topological polar surface area (TPSA) is 62.6 Å². The quantitative estimate of drug-likeness (QED) is 0.909. The van der Waals surface area contributed by atoms with E-state index < -0.39 is 0 Å². The Morgan fingerprint density at radius 2 is 2.04 bits per heavy atom. The highest BCUT2D eigenvalue weighted by atomic mass is 35.5. The molecule has 0 saturated heterocycles. The summed E-state index contributed by atoms with van der Waals surface area (Å²) in [6.45, 7) is 5.40. The highest BCUT2D eigenvalue weighted by Crippen LogP contribution is 2.27. The van der Waals surface area contributed by atoms with Crippen LogP contribution in [0.15, 0.2) is 34.9 Å². The van der Waals surface area contributed by atoms with E-state index in [9.17, 15) is 9.59 Å². The Morgan fingerprint density at radius 1 is 1.30 bits per heavy atom. The van der Waals surface area contributed by atoms with Gasteiger partial charge in [-0.3, -0.25) is 9.59 Å². The van der Waals surface area contributed by atoms with Gasteiger partial charge in [-0.15, -0.1) is 0 Å². The van der Waals surface area contributed by atoms with Crippen LogP contribution in [-0.4, -0.2) is 23.3 Å². The molecule has 5 nitrogen and oxygen atoms in total. The molecule has 2 rings (SSSR count). The van der Waals surface area contributed by atoms with E-state index in [4.69, 9.17) is 16.0 Å². The van der Waals surface area contributed by atoms with Crippen LogP contribution < -0.4 is 5.32 Å². The summed E-state index contributed by atoms with van der Waals surface area (Å²) in [6.07, 6.45) is 1.53. The summed E-state index contributed by atoms with van der Waals surface area (Å²) in [5.74, 6) is 0.112. The molecule has 0 spiro atoms. The predicted molar refractivity (Wildman–Crippen MR) is 89.4 cm³/mol. The lowest BCUT2D eigenvalue weighted by Crippen LogP contribution is -2.36. The molecule has 0 atom stereocenters. The van der Waals surface area contributed by atoms with Gasteiger partial charge in [0.1, 0.15) is 12.3 Å². The number of nitrogens with one attached hydrogen (secondary N) is 1. The minimum Gasteiger partial charge on any atom is -0.467 e. The number of carbonyl (C=O) groups is 2. The second-order valence-corrected chi connectivity index (χ2v) is 5.85. The van der Waals surface area contributed by atoms with Gasteiger partial charge in [-0.2, -0.15) is 0 Å². The average molecular weight is 335 g/mol. The largest absolute Gasteiger partial charge is 0.467 e. The first kappa shape index (κ1) is 17.1. The lowest BCUT2D eigenvalue weighted by atomic mass is 10.1. The number of amides is 2. The summed E-state index contributed by atoms with van der Waals surface area (Å²) in [4.78, 5) is 25.4. The molecule has 2 amide bonds. The van der Waals surface area contributed by atoms with Crippen molar-refractivity contribution >= 4 is 29.1 Å². The molecule has 1 N–H and O–H groups in total. The number of furan rings is 1. The van der Waals surface area contributed by atoms with Crippen molar-refractivity contribution in [3.8, 4) is 0 Å². The van der Waals surface area contributed by atoms with Crippen molar-refractivity contribution in [3.05, 3.63) is 52.4 Å².